The van der Waals surface area contributed by atoms with Crippen molar-refractivity contribution in [3.63, 3.8) is 0 Å². The molecule has 3 aliphatic rings. The number of carbonyl (C=O) groups is 1. The Labute approximate surface area is 174 Å². The minimum Gasteiger partial charge on any atom is -0.486 e. The average molecular weight is 409 g/mol. The maximum absolute atomic E-state index is 12.9. The van der Waals surface area contributed by atoms with E-state index in [9.17, 15) is 4.79 Å². The molecule has 4 rings (SSSR count). The van der Waals surface area contributed by atoms with Crippen LogP contribution in [0.3, 0.4) is 0 Å². The lowest BCUT2D eigenvalue weighted by atomic mass is 9.84. The average Bonchev–Trinajstić information content (AvgIpc) is 3.17. The summed E-state index contributed by atoms with van der Waals surface area (Å²) in [4.78, 5) is 12.9. The second-order valence-electron chi connectivity index (χ2n) is 8.48. The van der Waals surface area contributed by atoms with Crippen LogP contribution in [0, 0.1) is 11.8 Å². The molecular formula is C22H33ClN2O3. The van der Waals surface area contributed by atoms with Crippen LogP contribution < -0.4 is 20.1 Å². The van der Waals surface area contributed by atoms with Gasteiger partial charge in [0, 0.05) is 6.42 Å². The normalized spacial score (nSPS) is 24.1. The molecule has 1 aliphatic carbocycles. The molecule has 6 heteroatoms. The lowest BCUT2D eigenvalue weighted by Crippen LogP contribution is -2.45. The first-order chi connectivity index (χ1) is 13.2. The Hall–Kier alpha value is -1.46. The van der Waals surface area contributed by atoms with E-state index >= 15 is 0 Å². The van der Waals surface area contributed by atoms with Crippen molar-refractivity contribution in [2.75, 3.05) is 26.3 Å². The third kappa shape index (κ3) is 4.57. The predicted octanol–water partition coefficient (Wildman–Crippen LogP) is 3.79. The molecule has 1 aromatic carbocycles. The predicted molar refractivity (Wildman–Crippen MR) is 112 cm³/mol. The van der Waals surface area contributed by atoms with E-state index in [1.807, 2.05) is 6.07 Å². The topological polar surface area (TPSA) is 59.6 Å². The molecule has 2 aliphatic heterocycles. The summed E-state index contributed by atoms with van der Waals surface area (Å²) in [5.41, 5.74) is 0.904. The number of hydrogen-bond donors (Lipinski definition) is 2. The molecule has 1 saturated carbocycles. The van der Waals surface area contributed by atoms with Crippen LogP contribution in [0.1, 0.15) is 57.4 Å². The van der Waals surface area contributed by atoms with Crippen molar-refractivity contribution in [3.8, 4) is 11.5 Å². The van der Waals surface area contributed by atoms with E-state index in [0.29, 0.717) is 31.5 Å². The molecule has 0 radical (unpaired) electrons. The molecular weight excluding hydrogens is 376 g/mol. The first-order valence-corrected chi connectivity index (χ1v) is 10.6. The van der Waals surface area contributed by atoms with Gasteiger partial charge < -0.3 is 20.1 Å². The van der Waals surface area contributed by atoms with Crippen molar-refractivity contribution in [1.29, 1.82) is 0 Å². The minimum absolute atomic E-state index is 0. The smallest absolute Gasteiger partial charge is 0.220 e. The molecule has 1 aromatic rings. The van der Waals surface area contributed by atoms with Crippen LogP contribution in [0.2, 0.25) is 0 Å². The molecule has 156 valence electrons. The molecule has 0 spiro atoms. The van der Waals surface area contributed by atoms with Gasteiger partial charge in [0.05, 0.1) is 5.54 Å². The zero-order chi connectivity index (χ0) is 18.7. The van der Waals surface area contributed by atoms with Gasteiger partial charge in [-0.3, -0.25) is 4.79 Å². The highest BCUT2D eigenvalue weighted by Crippen LogP contribution is 2.42. The van der Waals surface area contributed by atoms with Crippen molar-refractivity contribution >= 4 is 18.3 Å². The largest absolute Gasteiger partial charge is 0.486 e. The summed E-state index contributed by atoms with van der Waals surface area (Å²) >= 11 is 0. The van der Waals surface area contributed by atoms with Crippen LogP contribution in [-0.4, -0.2) is 32.2 Å². The molecule has 0 aromatic heterocycles. The standard InChI is InChI=1S/C22H32N2O3.ClH/c1-16(17-5-4-10-23-15-17)13-21(25)24-22(8-2-3-9-22)18-6-7-19-20(14-18)27-12-11-26-19;/h6-7,14,16-17,23H,2-5,8-13,15H2,1H3,(H,24,25);1H. The van der Waals surface area contributed by atoms with Crippen molar-refractivity contribution < 1.29 is 14.3 Å². The van der Waals surface area contributed by atoms with Gasteiger partial charge in [-0.1, -0.05) is 25.8 Å². The van der Waals surface area contributed by atoms with Crippen LogP contribution >= 0.6 is 12.4 Å². The Kier molecular flexibility index (Phi) is 7.10. The van der Waals surface area contributed by atoms with Gasteiger partial charge in [0.2, 0.25) is 5.91 Å². The van der Waals surface area contributed by atoms with Crippen LogP contribution in [0.15, 0.2) is 18.2 Å². The molecule has 28 heavy (non-hydrogen) atoms. The maximum Gasteiger partial charge on any atom is 0.220 e. The van der Waals surface area contributed by atoms with E-state index in [4.69, 9.17) is 9.47 Å². The van der Waals surface area contributed by atoms with Crippen LogP contribution in [-0.2, 0) is 10.3 Å². The lowest BCUT2D eigenvalue weighted by Gasteiger charge is -2.34. The zero-order valence-corrected chi connectivity index (χ0v) is 17.6. The van der Waals surface area contributed by atoms with Gasteiger partial charge >= 0.3 is 0 Å². The van der Waals surface area contributed by atoms with Crippen molar-refractivity contribution in [1.82, 2.24) is 10.6 Å². The summed E-state index contributed by atoms with van der Waals surface area (Å²) < 4.78 is 11.4. The highest BCUT2D eigenvalue weighted by atomic mass is 35.5. The Balaban J connectivity index is 0.00000225. The van der Waals surface area contributed by atoms with Crippen molar-refractivity contribution in [3.05, 3.63) is 23.8 Å². The fourth-order valence-electron chi connectivity index (χ4n) is 4.95. The number of hydrogen-bond acceptors (Lipinski definition) is 4. The molecule has 1 amide bonds. The number of nitrogens with one attached hydrogen (secondary N) is 2. The monoisotopic (exact) mass is 408 g/mol. The van der Waals surface area contributed by atoms with E-state index < -0.39 is 0 Å². The molecule has 5 nitrogen and oxygen atoms in total. The Morgan fingerprint density at radius 3 is 2.68 bits per heavy atom. The van der Waals surface area contributed by atoms with Gasteiger partial charge in [0.25, 0.3) is 0 Å². The van der Waals surface area contributed by atoms with Gasteiger partial charge in [-0.15, -0.1) is 12.4 Å². The van der Waals surface area contributed by atoms with Crippen molar-refractivity contribution in [2.45, 2.75) is 57.4 Å². The first-order valence-electron chi connectivity index (χ1n) is 10.6. The SMILES string of the molecule is CC(CC(=O)NC1(c2ccc3c(c2)OCCO3)CCCC1)C1CCCNC1.Cl. The Bertz CT molecular complexity index is 670. The van der Waals surface area contributed by atoms with Gasteiger partial charge in [-0.25, -0.2) is 0 Å². The van der Waals surface area contributed by atoms with Crippen molar-refractivity contribution in [2.24, 2.45) is 11.8 Å². The molecule has 2 heterocycles. The number of rotatable bonds is 5. The van der Waals surface area contributed by atoms with Crippen LogP contribution in [0.4, 0.5) is 0 Å². The highest BCUT2D eigenvalue weighted by Gasteiger charge is 2.38. The molecule has 2 fully saturated rings. The fourth-order valence-corrected chi connectivity index (χ4v) is 4.95. The number of amides is 1. The number of halogens is 1. The molecule has 2 unspecified atom stereocenters. The number of fused-ring (bicyclic) bond motifs is 1. The maximum atomic E-state index is 12.9. The van der Waals surface area contributed by atoms with E-state index in [2.05, 4.69) is 29.7 Å². The second kappa shape index (κ2) is 9.36. The summed E-state index contributed by atoms with van der Waals surface area (Å²) in [5.74, 6) is 2.82. The Morgan fingerprint density at radius 1 is 1.21 bits per heavy atom. The van der Waals surface area contributed by atoms with Crippen LogP contribution in [0.25, 0.3) is 0 Å². The number of ether oxygens (including phenoxy) is 2. The first kappa shape index (κ1) is 21.3. The lowest BCUT2D eigenvalue weighted by molar-refractivity contribution is -0.124. The fraction of sp³-hybridized carbons (Fsp3) is 0.682. The number of piperidine rings is 1. The van der Waals surface area contributed by atoms with Gasteiger partial charge in [-0.05, 0) is 68.3 Å². The summed E-state index contributed by atoms with van der Waals surface area (Å²) in [5, 5.41) is 6.90. The highest BCUT2D eigenvalue weighted by molar-refractivity contribution is 5.85. The van der Waals surface area contributed by atoms with Crippen LogP contribution in [0.5, 0.6) is 11.5 Å². The number of carbonyl (C=O) groups excluding carboxylic acids is 1. The molecule has 1 saturated heterocycles. The minimum atomic E-state index is -0.253. The van der Waals surface area contributed by atoms with Gasteiger partial charge in [-0.2, -0.15) is 0 Å². The van der Waals surface area contributed by atoms with E-state index in [0.717, 1.165) is 55.8 Å². The third-order valence-corrected chi connectivity index (χ3v) is 6.58. The second-order valence-corrected chi connectivity index (χ2v) is 8.48. The summed E-state index contributed by atoms with van der Waals surface area (Å²) in [7, 11) is 0. The summed E-state index contributed by atoms with van der Waals surface area (Å²) in [6.07, 6.45) is 7.36. The molecule has 2 N–H and O–H groups in total. The summed E-state index contributed by atoms with van der Waals surface area (Å²) in [6, 6.07) is 6.18. The molecule has 0 bridgehead atoms. The van der Waals surface area contributed by atoms with Gasteiger partial charge in [0.1, 0.15) is 13.2 Å². The Morgan fingerprint density at radius 2 is 1.96 bits per heavy atom. The van der Waals surface area contributed by atoms with E-state index in [1.54, 1.807) is 0 Å². The quantitative estimate of drug-likeness (QED) is 0.778. The number of benzene rings is 1. The van der Waals surface area contributed by atoms with Gasteiger partial charge in [0.15, 0.2) is 11.5 Å². The van der Waals surface area contributed by atoms with E-state index in [-0.39, 0.29) is 23.9 Å². The van der Waals surface area contributed by atoms with E-state index in [1.165, 1.54) is 12.8 Å². The zero-order valence-electron chi connectivity index (χ0n) is 16.8. The molecule has 2 atom stereocenters. The summed E-state index contributed by atoms with van der Waals surface area (Å²) in [6.45, 7) is 5.57. The third-order valence-electron chi connectivity index (χ3n) is 6.58.